The van der Waals surface area contributed by atoms with E-state index in [1.165, 1.54) is 26.1 Å². The van der Waals surface area contributed by atoms with Gasteiger partial charge in [-0.15, -0.1) is 11.3 Å². The first kappa shape index (κ1) is 20.7. The second-order valence-electron chi connectivity index (χ2n) is 7.98. The van der Waals surface area contributed by atoms with E-state index in [9.17, 15) is 4.79 Å². The summed E-state index contributed by atoms with van der Waals surface area (Å²) in [7, 11) is 1.63. The van der Waals surface area contributed by atoms with Crippen molar-refractivity contribution in [3.05, 3.63) is 88.3 Å². The van der Waals surface area contributed by atoms with E-state index in [1.807, 2.05) is 29.5 Å². The van der Waals surface area contributed by atoms with Crippen LogP contribution in [0.3, 0.4) is 0 Å². The summed E-state index contributed by atoms with van der Waals surface area (Å²) in [6.45, 7) is 1.78. The third kappa shape index (κ3) is 4.27. The number of benzene rings is 3. The van der Waals surface area contributed by atoms with Crippen LogP contribution in [-0.4, -0.2) is 32.8 Å². The Morgan fingerprint density at radius 2 is 2.00 bits per heavy atom. The second kappa shape index (κ2) is 9.15. The van der Waals surface area contributed by atoms with Crippen LogP contribution in [0.5, 0.6) is 5.75 Å². The molecule has 1 aliphatic rings. The molecule has 0 aliphatic carbocycles. The lowest BCUT2D eigenvalue weighted by molar-refractivity contribution is 0.0937. The fourth-order valence-corrected chi connectivity index (χ4v) is 5.41. The molecule has 1 N–H and O–H groups in total. The number of rotatable bonds is 7. The van der Waals surface area contributed by atoms with Crippen molar-refractivity contribution in [2.45, 2.75) is 12.8 Å². The Morgan fingerprint density at radius 3 is 2.91 bits per heavy atom. The van der Waals surface area contributed by atoms with Gasteiger partial charge >= 0.3 is 0 Å². The zero-order valence-corrected chi connectivity index (χ0v) is 18.8. The highest BCUT2D eigenvalue weighted by atomic mass is 32.1. The van der Waals surface area contributed by atoms with Crippen LogP contribution in [0.1, 0.15) is 26.4 Å². The largest absolute Gasteiger partial charge is 0.493 e. The molecule has 5 rings (SSSR count). The zero-order valence-electron chi connectivity index (χ0n) is 18.0. The minimum absolute atomic E-state index is 0.0801. The Hall–Kier alpha value is -3.15. The van der Waals surface area contributed by atoms with Gasteiger partial charge < -0.3 is 14.8 Å². The molecule has 0 bridgehead atoms. The molecule has 1 amide bonds. The van der Waals surface area contributed by atoms with Crippen molar-refractivity contribution in [3.63, 3.8) is 0 Å². The molecular weight excluding hydrogens is 418 g/mol. The van der Waals surface area contributed by atoms with Crippen LogP contribution < -0.4 is 10.1 Å². The smallest absolute Gasteiger partial charge is 0.251 e. The fraction of sp³-hybridized carbons (Fsp3) is 0.222. The van der Waals surface area contributed by atoms with E-state index < -0.39 is 0 Å². The van der Waals surface area contributed by atoms with E-state index in [0.717, 1.165) is 36.3 Å². The van der Waals surface area contributed by atoms with Gasteiger partial charge in [-0.2, -0.15) is 0 Å². The lowest BCUT2D eigenvalue weighted by atomic mass is 10.0. The maximum atomic E-state index is 12.5. The third-order valence-corrected chi connectivity index (χ3v) is 6.94. The van der Waals surface area contributed by atoms with Crippen molar-refractivity contribution in [2.24, 2.45) is 0 Å². The van der Waals surface area contributed by atoms with Gasteiger partial charge in [0.25, 0.3) is 5.91 Å². The van der Waals surface area contributed by atoms with Gasteiger partial charge in [0.1, 0.15) is 5.75 Å². The van der Waals surface area contributed by atoms with Gasteiger partial charge in [0.15, 0.2) is 0 Å². The predicted octanol–water partition coefficient (Wildman–Crippen LogP) is 5.47. The zero-order chi connectivity index (χ0) is 21.9. The van der Waals surface area contributed by atoms with E-state index in [2.05, 4.69) is 53.8 Å². The van der Waals surface area contributed by atoms with Crippen molar-refractivity contribution in [2.75, 3.05) is 26.9 Å². The van der Waals surface area contributed by atoms with Crippen LogP contribution in [0.2, 0.25) is 0 Å². The maximum Gasteiger partial charge on any atom is 0.251 e. The van der Waals surface area contributed by atoms with Crippen molar-refractivity contribution in [3.8, 4) is 16.9 Å². The first-order valence-corrected chi connectivity index (χ1v) is 11.7. The van der Waals surface area contributed by atoms with Crippen molar-refractivity contribution < 1.29 is 14.3 Å². The van der Waals surface area contributed by atoms with Gasteiger partial charge in [0, 0.05) is 41.6 Å². The Kier molecular flexibility index (Phi) is 5.93. The normalized spacial score (nSPS) is 12.5. The minimum Gasteiger partial charge on any atom is -0.493 e. The summed E-state index contributed by atoms with van der Waals surface area (Å²) in [6.07, 6.45) is 1.91. The minimum atomic E-state index is -0.0801. The van der Waals surface area contributed by atoms with Gasteiger partial charge in [0.05, 0.1) is 13.2 Å². The molecule has 0 radical (unpaired) electrons. The van der Waals surface area contributed by atoms with Crippen LogP contribution in [-0.2, 0) is 17.6 Å². The summed E-state index contributed by atoms with van der Waals surface area (Å²) in [4.78, 5) is 13.8. The SMILES string of the molecule is COCCNC(=O)c1cccc(-c2cccc3cc(Cc4ccc5c(c4)CCO5)sc23)c1. The molecule has 4 nitrogen and oxygen atoms in total. The van der Waals surface area contributed by atoms with Gasteiger partial charge in [-0.3, -0.25) is 4.79 Å². The van der Waals surface area contributed by atoms with E-state index in [4.69, 9.17) is 9.47 Å². The average molecular weight is 444 g/mol. The van der Waals surface area contributed by atoms with Gasteiger partial charge in [-0.25, -0.2) is 0 Å². The molecule has 0 saturated heterocycles. The molecule has 0 spiro atoms. The van der Waals surface area contributed by atoms with Crippen LogP contribution in [0.4, 0.5) is 0 Å². The number of nitrogens with one attached hydrogen (secondary N) is 1. The molecule has 32 heavy (non-hydrogen) atoms. The molecule has 0 fully saturated rings. The average Bonchev–Trinajstić information content (AvgIpc) is 3.45. The molecular formula is C27H25NO3S. The van der Waals surface area contributed by atoms with E-state index >= 15 is 0 Å². The predicted molar refractivity (Wildman–Crippen MR) is 130 cm³/mol. The molecule has 0 unspecified atom stereocenters. The summed E-state index contributed by atoms with van der Waals surface area (Å²) in [6, 6.07) is 23.1. The van der Waals surface area contributed by atoms with Crippen molar-refractivity contribution in [1.29, 1.82) is 0 Å². The molecule has 1 aliphatic heterocycles. The molecule has 162 valence electrons. The Bertz CT molecular complexity index is 1280. The number of carbonyl (C=O) groups is 1. The summed E-state index contributed by atoms with van der Waals surface area (Å²) >= 11 is 1.83. The Morgan fingerprint density at radius 1 is 1.09 bits per heavy atom. The Balaban J connectivity index is 1.42. The van der Waals surface area contributed by atoms with Gasteiger partial charge in [0.2, 0.25) is 0 Å². The summed E-state index contributed by atoms with van der Waals surface area (Å²) in [5, 5.41) is 4.13. The quantitative estimate of drug-likeness (QED) is 0.385. The van der Waals surface area contributed by atoms with Crippen LogP contribution in [0.15, 0.2) is 66.7 Å². The van der Waals surface area contributed by atoms with E-state index in [1.54, 1.807) is 7.11 Å². The molecule has 2 heterocycles. The number of methoxy groups -OCH3 is 1. The number of thiophene rings is 1. The van der Waals surface area contributed by atoms with Gasteiger partial charge in [-0.1, -0.05) is 42.5 Å². The molecule has 1 aromatic heterocycles. The fourth-order valence-electron chi connectivity index (χ4n) is 4.18. The first-order valence-electron chi connectivity index (χ1n) is 10.8. The number of ether oxygens (including phenoxy) is 2. The Labute approximate surface area is 191 Å². The van der Waals surface area contributed by atoms with Crippen LogP contribution in [0, 0.1) is 0 Å². The summed E-state index contributed by atoms with van der Waals surface area (Å²) < 4.78 is 11.9. The highest BCUT2D eigenvalue weighted by molar-refractivity contribution is 7.19. The molecule has 0 atom stereocenters. The maximum absolute atomic E-state index is 12.5. The monoisotopic (exact) mass is 443 g/mol. The van der Waals surface area contributed by atoms with E-state index in [-0.39, 0.29) is 5.91 Å². The standard InChI is InChI=1S/C27H25NO3S/c1-30-13-11-28-27(29)22-6-2-4-19(16-22)24-7-3-5-21-17-23(32-26(21)24)15-18-8-9-25-20(14-18)10-12-31-25/h2-9,14,16-17H,10-13,15H2,1H3,(H,28,29). The van der Waals surface area contributed by atoms with Crippen molar-refractivity contribution >= 4 is 27.3 Å². The molecule has 5 heteroatoms. The lowest BCUT2D eigenvalue weighted by Gasteiger charge is -2.08. The molecule has 3 aromatic carbocycles. The number of carbonyl (C=O) groups excluding carboxylic acids is 1. The number of fused-ring (bicyclic) bond motifs is 2. The second-order valence-corrected chi connectivity index (χ2v) is 9.12. The number of amides is 1. The summed E-state index contributed by atoms with van der Waals surface area (Å²) in [5.74, 6) is 0.946. The van der Waals surface area contributed by atoms with E-state index in [0.29, 0.717) is 18.7 Å². The van der Waals surface area contributed by atoms with Crippen LogP contribution in [0.25, 0.3) is 21.2 Å². The number of hydrogen-bond donors (Lipinski definition) is 1. The van der Waals surface area contributed by atoms with Crippen molar-refractivity contribution in [1.82, 2.24) is 5.32 Å². The highest BCUT2D eigenvalue weighted by Gasteiger charge is 2.14. The first-order chi connectivity index (χ1) is 15.7. The van der Waals surface area contributed by atoms with Crippen LogP contribution >= 0.6 is 11.3 Å². The summed E-state index contributed by atoms with van der Waals surface area (Å²) in [5.41, 5.74) is 5.50. The topological polar surface area (TPSA) is 47.6 Å². The molecule has 4 aromatic rings. The lowest BCUT2D eigenvalue weighted by Crippen LogP contribution is -2.26. The third-order valence-electron chi connectivity index (χ3n) is 5.75. The molecule has 0 saturated carbocycles. The number of hydrogen-bond acceptors (Lipinski definition) is 4. The van der Waals surface area contributed by atoms with Gasteiger partial charge in [-0.05, 0) is 51.9 Å². The highest BCUT2D eigenvalue weighted by Crippen LogP contribution is 2.36.